The molecule has 2 aromatic rings. The van der Waals surface area contributed by atoms with Crippen LogP contribution in [-0.4, -0.2) is 12.1 Å². The Bertz CT molecular complexity index is 718. The van der Waals surface area contributed by atoms with E-state index in [0.717, 1.165) is 22.0 Å². The van der Waals surface area contributed by atoms with E-state index in [0.29, 0.717) is 0 Å². The third-order valence-corrected chi connectivity index (χ3v) is 5.20. The Morgan fingerprint density at radius 2 is 1.71 bits per heavy atom. The lowest BCUT2D eigenvalue weighted by atomic mass is 9.78. The standard InChI is InChI=1S/C20H30N2OS/c1-12(21)18-22-16(11-24-18)14-9-13(19(2,3)4)10-15(17(14)23-8)20(5,6)7/h9-12H,21H2,1-8H3. The zero-order valence-electron chi connectivity index (χ0n) is 16.2. The summed E-state index contributed by atoms with van der Waals surface area (Å²) in [5, 5.41) is 3.03. The van der Waals surface area contributed by atoms with Gasteiger partial charge in [0.05, 0.1) is 18.8 Å². The van der Waals surface area contributed by atoms with Gasteiger partial charge in [-0.3, -0.25) is 0 Å². The third-order valence-electron chi connectivity index (χ3n) is 4.15. The van der Waals surface area contributed by atoms with Gasteiger partial charge in [0.25, 0.3) is 0 Å². The predicted molar refractivity (Wildman–Crippen MR) is 104 cm³/mol. The number of hydrogen-bond donors (Lipinski definition) is 1. The van der Waals surface area contributed by atoms with Gasteiger partial charge < -0.3 is 10.5 Å². The lowest BCUT2D eigenvalue weighted by Crippen LogP contribution is -2.18. The first-order valence-electron chi connectivity index (χ1n) is 8.39. The van der Waals surface area contributed by atoms with Crippen LogP contribution < -0.4 is 10.5 Å². The lowest BCUT2D eigenvalue weighted by molar-refractivity contribution is 0.398. The van der Waals surface area contributed by atoms with E-state index in [1.165, 1.54) is 11.1 Å². The zero-order valence-corrected chi connectivity index (χ0v) is 17.0. The Hall–Kier alpha value is -1.39. The maximum absolute atomic E-state index is 5.99. The Labute approximate surface area is 150 Å². The summed E-state index contributed by atoms with van der Waals surface area (Å²) in [6.45, 7) is 15.3. The van der Waals surface area contributed by atoms with Crippen LogP contribution in [0.3, 0.4) is 0 Å². The van der Waals surface area contributed by atoms with Crippen LogP contribution in [-0.2, 0) is 10.8 Å². The van der Waals surface area contributed by atoms with Crippen molar-refractivity contribution in [2.45, 2.75) is 65.3 Å². The predicted octanol–water partition coefficient (Wildman–Crippen LogP) is 5.43. The number of nitrogens with zero attached hydrogens (tertiary/aromatic N) is 1. The largest absolute Gasteiger partial charge is 0.496 e. The van der Waals surface area contributed by atoms with E-state index in [9.17, 15) is 0 Å². The van der Waals surface area contributed by atoms with E-state index in [1.807, 2.05) is 6.92 Å². The molecular weight excluding hydrogens is 316 g/mol. The smallest absolute Gasteiger partial charge is 0.132 e. The van der Waals surface area contributed by atoms with E-state index in [-0.39, 0.29) is 16.9 Å². The average molecular weight is 347 g/mol. The number of thiazole rings is 1. The van der Waals surface area contributed by atoms with Crippen LogP contribution in [0.1, 0.15) is 70.6 Å². The second-order valence-electron chi connectivity index (χ2n) is 8.46. The molecular formula is C20H30N2OS. The van der Waals surface area contributed by atoms with Gasteiger partial charge in [-0.1, -0.05) is 47.6 Å². The number of aromatic nitrogens is 1. The van der Waals surface area contributed by atoms with E-state index in [1.54, 1.807) is 18.4 Å². The molecule has 24 heavy (non-hydrogen) atoms. The van der Waals surface area contributed by atoms with E-state index in [2.05, 4.69) is 59.1 Å². The van der Waals surface area contributed by atoms with Crippen LogP contribution in [0.15, 0.2) is 17.5 Å². The molecule has 0 saturated heterocycles. The highest BCUT2D eigenvalue weighted by molar-refractivity contribution is 7.10. The molecule has 1 heterocycles. The molecule has 132 valence electrons. The molecule has 1 aromatic carbocycles. The number of nitrogens with two attached hydrogens (primary N) is 1. The highest BCUT2D eigenvalue weighted by atomic mass is 32.1. The summed E-state index contributed by atoms with van der Waals surface area (Å²) in [6, 6.07) is 4.44. The minimum absolute atomic E-state index is 0.0125. The fraction of sp³-hybridized carbons (Fsp3) is 0.550. The molecule has 3 nitrogen and oxygen atoms in total. The Morgan fingerprint density at radius 3 is 2.12 bits per heavy atom. The maximum Gasteiger partial charge on any atom is 0.132 e. The van der Waals surface area contributed by atoms with E-state index >= 15 is 0 Å². The van der Waals surface area contributed by atoms with Gasteiger partial charge in [-0.25, -0.2) is 4.98 Å². The fourth-order valence-corrected chi connectivity index (χ4v) is 3.43. The summed E-state index contributed by atoms with van der Waals surface area (Å²) in [7, 11) is 1.74. The molecule has 0 amide bonds. The van der Waals surface area contributed by atoms with Gasteiger partial charge in [0, 0.05) is 16.5 Å². The summed E-state index contributed by atoms with van der Waals surface area (Å²) >= 11 is 1.61. The molecule has 1 atom stereocenters. The maximum atomic E-state index is 5.99. The molecule has 0 aliphatic heterocycles. The Morgan fingerprint density at radius 1 is 1.08 bits per heavy atom. The normalized spacial score (nSPS) is 13.9. The minimum atomic E-state index is -0.0531. The van der Waals surface area contributed by atoms with Gasteiger partial charge in [-0.2, -0.15) is 0 Å². The first kappa shape index (κ1) is 18.9. The first-order valence-corrected chi connectivity index (χ1v) is 9.27. The molecule has 1 aromatic heterocycles. The molecule has 0 spiro atoms. The van der Waals surface area contributed by atoms with Gasteiger partial charge in [0.15, 0.2) is 0 Å². The molecule has 1 unspecified atom stereocenters. The monoisotopic (exact) mass is 346 g/mol. The van der Waals surface area contributed by atoms with E-state index in [4.69, 9.17) is 15.5 Å². The second kappa shape index (κ2) is 6.49. The molecule has 2 N–H and O–H groups in total. The molecule has 4 heteroatoms. The van der Waals surface area contributed by atoms with Crippen molar-refractivity contribution >= 4 is 11.3 Å². The highest BCUT2D eigenvalue weighted by Gasteiger charge is 2.27. The summed E-state index contributed by atoms with van der Waals surface area (Å²) in [5.41, 5.74) is 10.5. The van der Waals surface area contributed by atoms with Crippen LogP contribution in [0, 0.1) is 0 Å². The van der Waals surface area contributed by atoms with Crippen LogP contribution in [0.4, 0.5) is 0 Å². The number of benzene rings is 1. The molecule has 0 aliphatic carbocycles. The van der Waals surface area contributed by atoms with Crippen molar-refractivity contribution in [3.8, 4) is 17.0 Å². The minimum Gasteiger partial charge on any atom is -0.496 e. The summed E-state index contributed by atoms with van der Waals surface area (Å²) in [6.07, 6.45) is 0. The topological polar surface area (TPSA) is 48.1 Å². The van der Waals surface area contributed by atoms with Crippen molar-refractivity contribution < 1.29 is 4.74 Å². The van der Waals surface area contributed by atoms with Gasteiger partial charge in [-0.15, -0.1) is 11.3 Å². The Kier molecular flexibility index (Phi) is 5.12. The summed E-state index contributed by atoms with van der Waals surface area (Å²) < 4.78 is 5.83. The lowest BCUT2D eigenvalue weighted by Gasteiger charge is -2.28. The second-order valence-corrected chi connectivity index (χ2v) is 9.35. The van der Waals surface area contributed by atoms with Gasteiger partial charge >= 0.3 is 0 Å². The van der Waals surface area contributed by atoms with Crippen LogP contribution in [0.5, 0.6) is 5.75 Å². The van der Waals surface area contributed by atoms with Crippen LogP contribution in [0.25, 0.3) is 11.3 Å². The van der Waals surface area contributed by atoms with Crippen molar-refractivity contribution in [2.24, 2.45) is 5.73 Å². The third kappa shape index (κ3) is 3.81. The molecule has 2 rings (SSSR count). The number of methoxy groups -OCH3 is 1. The van der Waals surface area contributed by atoms with Crippen molar-refractivity contribution in [3.63, 3.8) is 0 Å². The molecule has 0 bridgehead atoms. The highest BCUT2D eigenvalue weighted by Crippen LogP contribution is 2.43. The summed E-state index contributed by atoms with van der Waals surface area (Å²) in [5.74, 6) is 0.914. The van der Waals surface area contributed by atoms with Crippen molar-refractivity contribution in [1.82, 2.24) is 4.98 Å². The molecule has 0 radical (unpaired) electrons. The van der Waals surface area contributed by atoms with Crippen LogP contribution >= 0.6 is 11.3 Å². The molecule has 0 aliphatic rings. The first-order chi connectivity index (χ1) is 10.9. The van der Waals surface area contributed by atoms with Crippen molar-refractivity contribution in [3.05, 3.63) is 33.6 Å². The summed E-state index contributed by atoms with van der Waals surface area (Å²) in [4.78, 5) is 4.75. The van der Waals surface area contributed by atoms with Gasteiger partial charge in [0.2, 0.25) is 0 Å². The number of rotatable bonds is 3. The molecule has 0 fully saturated rings. The zero-order chi connectivity index (χ0) is 18.3. The average Bonchev–Trinajstić information content (AvgIpc) is 2.93. The van der Waals surface area contributed by atoms with E-state index < -0.39 is 0 Å². The fourth-order valence-electron chi connectivity index (χ4n) is 2.65. The number of ether oxygens (including phenoxy) is 1. The SMILES string of the molecule is COc1c(-c2csc(C(C)N)n2)cc(C(C)(C)C)cc1C(C)(C)C. The van der Waals surface area contributed by atoms with Gasteiger partial charge in [0.1, 0.15) is 10.8 Å². The van der Waals surface area contributed by atoms with Crippen molar-refractivity contribution in [2.75, 3.05) is 7.11 Å². The van der Waals surface area contributed by atoms with Crippen LogP contribution in [0.2, 0.25) is 0 Å². The quantitative estimate of drug-likeness (QED) is 0.805. The Balaban J connectivity index is 2.76. The van der Waals surface area contributed by atoms with Crippen molar-refractivity contribution in [1.29, 1.82) is 0 Å². The van der Waals surface area contributed by atoms with Gasteiger partial charge in [-0.05, 0) is 29.4 Å². The number of hydrogen-bond acceptors (Lipinski definition) is 4. The molecule has 0 saturated carbocycles.